The fourth-order valence-electron chi connectivity index (χ4n) is 3.99. The van der Waals surface area contributed by atoms with Crippen LogP contribution in [0.3, 0.4) is 0 Å². The van der Waals surface area contributed by atoms with Crippen molar-refractivity contribution in [2.75, 3.05) is 11.9 Å². The van der Waals surface area contributed by atoms with Crippen LogP contribution in [0.15, 0.2) is 30.3 Å². The highest BCUT2D eigenvalue weighted by Gasteiger charge is 2.63. The van der Waals surface area contributed by atoms with Crippen molar-refractivity contribution in [3.63, 3.8) is 0 Å². The van der Waals surface area contributed by atoms with E-state index in [0.717, 1.165) is 18.5 Å². The van der Waals surface area contributed by atoms with E-state index in [1.165, 1.54) is 0 Å². The molecule has 3 aliphatic rings. The number of carbonyl (C=O) groups excluding carboxylic acids is 2. The second kappa shape index (κ2) is 4.76. The second-order valence-electron chi connectivity index (χ2n) is 6.08. The molecule has 1 aromatic carbocycles. The Balaban J connectivity index is 1.35. The van der Waals surface area contributed by atoms with E-state index in [-0.39, 0.29) is 48.4 Å². The Hall–Kier alpha value is -2.04. The zero-order chi connectivity index (χ0) is 14.4. The zero-order valence-electron chi connectivity index (χ0n) is 11.5. The summed E-state index contributed by atoms with van der Waals surface area (Å²) in [5.41, 5.74) is 0.884. The van der Waals surface area contributed by atoms with Crippen molar-refractivity contribution in [1.29, 1.82) is 0 Å². The number of anilines is 1. The molecule has 5 unspecified atom stereocenters. The molecule has 2 saturated carbocycles. The maximum Gasteiger partial charge on any atom is 0.325 e. The number of carbonyl (C=O) groups is 2. The topological polar surface area (TPSA) is 64.6 Å². The highest BCUT2D eigenvalue weighted by Crippen LogP contribution is 2.55. The average molecular weight is 287 g/mol. The summed E-state index contributed by atoms with van der Waals surface area (Å²) < 4.78 is 10.9. The number of fused-ring (bicyclic) bond motifs is 1. The van der Waals surface area contributed by atoms with Crippen molar-refractivity contribution in [2.24, 2.45) is 17.8 Å². The van der Waals surface area contributed by atoms with Crippen LogP contribution in [-0.4, -0.2) is 30.7 Å². The van der Waals surface area contributed by atoms with Gasteiger partial charge in [-0.3, -0.25) is 9.59 Å². The van der Waals surface area contributed by atoms with Crippen LogP contribution in [0.2, 0.25) is 0 Å². The molecular weight excluding hydrogens is 270 g/mol. The van der Waals surface area contributed by atoms with Crippen molar-refractivity contribution >= 4 is 17.6 Å². The largest absolute Gasteiger partial charge is 0.458 e. The first kappa shape index (κ1) is 12.7. The number of rotatable bonds is 4. The molecular formula is C16H17NO4. The number of nitrogens with one attached hydrogen (secondary N) is 1. The van der Waals surface area contributed by atoms with E-state index < -0.39 is 0 Å². The molecule has 110 valence electrons. The van der Waals surface area contributed by atoms with E-state index in [2.05, 4.69) is 5.32 Å². The zero-order valence-corrected chi connectivity index (χ0v) is 11.5. The van der Waals surface area contributed by atoms with Crippen molar-refractivity contribution in [3.8, 4) is 0 Å². The fourth-order valence-corrected chi connectivity index (χ4v) is 3.99. The van der Waals surface area contributed by atoms with Crippen LogP contribution in [0.1, 0.15) is 12.8 Å². The molecule has 21 heavy (non-hydrogen) atoms. The summed E-state index contributed by atoms with van der Waals surface area (Å²) >= 11 is 0. The van der Waals surface area contributed by atoms with Crippen LogP contribution in [0.25, 0.3) is 0 Å². The van der Waals surface area contributed by atoms with E-state index in [0.29, 0.717) is 0 Å². The van der Waals surface area contributed by atoms with Crippen LogP contribution in [0.4, 0.5) is 5.69 Å². The third kappa shape index (κ3) is 2.07. The Morgan fingerprint density at radius 1 is 1.29 bits per heavy atom. The van der Waals surface area contributed by atoms with Gasteiger partial charge in [0.1, 0.15) is 18.8 Å². The second-order valence-corrected chi connectivity index (χ2v) is 6.08. The molecule has 0 amide bonds. The van der Waals surface area contributed by atoms with Gasteiger partial charge in [0, 0.05) is 17.5 Å². The van der Waals surface area contributed by atoms with E-state index in [4.69, 9.17) is 9.47 Å². The number of para-hydroxylation sites is 1. The van der Waals surface area contributed by atoms with Gasteiger partial charge >= 0.3 is 11.9 Å². The van der Waals surface area contributed by atoms with E-state index in [9.17, 15) is 9.59 Å². The number of ether oxygens (including phenoxy) is 2. The lowest BCUT2D eigenvalue weighted by molar-refractivity contribution is -0.160. The first-order chi connectivity index (χ1) is 10.2. The van der Waals surface area contributed by atoms with Crippen molar-refractivity contribution < 1.29 is 19.1 Å². The summed E-state index contributed by atoms with van der Waals surface area (Å²) in [5, 5.41) is 3.03. The molecule has 2 bridgehead atoms. The predicted molar refractivity (Wildman–Crippen MR) is 74.4 cm³/mol. The lowest BCUT2D eigenvalue weighted by atomic mass is 9.88. The summed E-state index contributed by atoms with van der Waals surface area (Å²) in [4.78, 5) is 23.6. The molecule has 2 aliphatic carbocycles. The van der Waals surface area contributed by atoms with E-state index in [1.807, 2.05) is 30.3 Å². The van der Waals surface area contributed by atoms with Crippen LogP contribution in [0, 0.1) is 17.8 Å². The summed E-state index contributed by atoms with van der Waals surface area (Å²) in [6.45, 7) is 0.127. The smallest absolute Gasteiger partial charge is 0.325 e. The molecule has 1 saturated heterocycles. The number of esters is 2. The molecule has 1 aromatic rings. The maximum atomic E-state index is 12.0. The quantitative estimate of drug-likeness (QED) is 0.852. The van der Waals surface area contributed by atoms with Crippen molar-refractivity contribution in [3.05, 3.63) is 30.3 Å². The number of benzene rings is 1. The Labute approximate surface area is 122 Å². The highest BCUT2D eigenvalue weighted by atomic mass is 16.6. The van der Waals surface area contributed by atoms with Gasteiger partial charge in [-0.1, -0.05) is 18.2 Å². The average Bonchev–Trinajstić information content (AvgIpc) is 3.11. The van der Waals surface area contributed by atoms with Gasteiger partial charge in [-0.15, -0.1) is 0 Å². The number of hydrogen-bond acceptors (Lipinski definition) is 5. The summed E-state index contributed by atoms with van der Waals surface area (Å²) in [7, 11) is 0. The van der Waals surface area contributed by atoms with Crippen LogP contribution in [0.5, 0.6) is 0 Å². The molecule has 0 radical (unpaired) electrons. The van der Waals surface area contributed by atoms with Crippen molar-refractivity contribution in [2.45, 2.75) is 25.0 Å². The van der Waals surface area contributed by atoms with Gasteiger partial charge < -0.3 is 14.8 Å². The summed E-state index contributed by atoms with van der Waals surface area (Å²) in [5.74, 6) is 0.210. The predicted octanol–water partition coefficient (Wildman–Crippen LogP) is 1.59. The van der Waals surface area contributed by atoms with Gasteiger partial charge in [-0.25, -0.2) is 0 Å². The standard InChI is InChI=1S/C16H17NO4/c18-13(8-17-10-4-2-1-3-5-10)20-14-9-6-11-12(7-9)16(19)21-15(11)14/h1-5,9,11-12,14-15,17H,6-8H2. The fraction of sp³-hybridized carbons (Fsp3) is 0.500. The van der Waals surface area contributed by atoms with Gasteiger partial charge in [-0.05, 0) is 25.0 Å². The lowest BCUT2D eigenvalue weighted by Crippen LogP contribution is -2.37. The summed E-state index contributed by atoms with van der Waals surface area (Å²) in [6, 6.07) is 9.52. The molecule has 4 rings (SSSR count). The van der Waals surface area contributed by atoms with E-state index >= 15 is 0 Å². The first-order valence-corrected chi connectivity index (χ1v) is 7.41. The molecule has 1 N–H and O–H groups in total. The molecule has 0 aromatic heterocycles. The number of hydrogen-bond donors (Lipinski definition) is 1. The van der Waals surface area contributed by atoms with Crippen LogP contribution >= 0.6 is 0 Å². The normalized spacial score (nSPS) is 35.6. The van der Waals surface area contributed by atoms with Gasteiger partial charge in [0.2, 0.25) is 0 Å². The van der Waals surface area contributed by atoms with Crippen LogP contribution < -0.4 is 5.32 Å². The molecule has 1 aliphatic heterocycles. The monoisotopic (exact) mass is 287 g/mol. The first-order valence-electron chi connectivity index (χ1n) is 7.41. The molecule has 5 nitrogen and oxygen atoms in total. The molecule has 5 atom stereocenters. The van der Waals surface area contributed by atoms with Crippen LogP contribution in [-0.2, 0) is 19.1 Å². The van der Waals surface area contributed by atoms with Gasteiger partial charge in [0.15, 0.2) is 0 Å². The Kier molecular flexibility index (Phi) is 2.87. The highest BCUT2D eigenvalue weighted by molar-refractivity contribution is 5.78. The Morgan fingerprint density at radius 2 is 2.10 bits per heavy atom. The minimum Gasteiger partial charge on any atom is -0.458 e. The maximum absolute atomic E-state index is 12.0. The van der Waals surface area contributed by atoms with Crippen molar-refractivity contribution in [1.82, 2.24) is 0 Å². The molecule has 5 heteroatoms. The van der Waals surface area contributed by atoms with Gasteiger partial charge in [0.05, 0.1) is 5.92 Å². The lowest BCUT2D eigenvalue weighted by Gasteiger charge is -2.25. The molecule has 1 heterocycles. The van der Waals surface area contributed by atoms with Gasteiger partial charge in [0.25, 0.3) is 0 Å². The van der Waals surface area contributed by atoms with Gasteiger partial charge in [-0.2, -0.15) is 0 Å². The minimum absolute atomic E-state index is 0.0531. The molecule has 3 fully saturated rings. The SMILES string of the molecule is O=C(CNc1ccccc1)OC1C2CC3C(=O)OC1C3C2. The Morgan fingerprint density at radius 3 is 2.90 bits per heavy atom. The summed E-state index contributed by atoms with van der Waals surface area (Å²) in [6.07, 6.45) is 1.31. The molecule has 0 spiro atoms. The Bertz CT molecular complexity index is 573. The third-order valence-electron chi connectivity index (χ3n) is 4.89. The van der Waals surface area contributed by atoms with E-state index in [1.54, 1.807) is 0 Å². The third-order valence-corrected chi connectivity index (χ3v) is 4.89. The minimum atomic E-state index is -0.295.